The van der Waals surface area contributed by atoms with Crippen molar-refractivity contribution in [2.45, 2.75) is 45.1 Å². The van der Waals surface area contributed by atoms with Crippen LogP contribution in [0.5, 0.6) is 5.75 Å². The molecule has 1 aromatic heterocycles. The number of benzene rings is 2. The van der Waals surface area contributed by atoms with Crippen LogP contribution in [0.1, 0.15) is 42.4 Å². The van der Waals surface area contributed by atoms with E-state index in [0.29, 0.717) is 43.0 Å². The number of carbonyl (C=O) groups is 2. The third-order valence-corrected chi connectivity index (χ3v) is 7.07. The number of piperidine rings is 1. The Morgan fingerprint density at radius 2 is 1.74 bits per heavy atom. The van der Waals surface area contributed by atoms with Crippen molar-refractivity contribution in [2.75, 3.05) is 13.1 Å². The van der Waals surface area contributed by atoms with Gasteiger partial charge in [-0.2, -0.15) is 0 Å². The van der Waals surface area contributed by atoms with E-state index in [1.807, 2.05) is 30.3 Å². The molecule has 0 saturated carbocycles. The first-order chi connectivity index (χ1) is 17.0. The number of hydrogen-bond acceptors (Lipinski definition) is 6. The van der Waals surface area contributed by atoms with Crippen LogP contribution in [0.25, 0.3) is 11.0 Å². The first-order valence-electron chi connectivity index (χ1n) is 11.9. The molecular weight excluding hydrogens is 470 g/mol. The summed E-state index contributed by atoms with van der Waals surface area (Å²) in [7, 11) is 0. The molecule has 1 fully saturated rings. The van der Waals surface area contributed by atoms with Crippen LogP contribution in [0.2, 0.25) is 5.02 Å². The minimum absolute atomic E-state index is 0.174. The monoisotopic (exact) mass is 495 g/mol. The molecule has 8 heteroatoms. The van der Waals surface area contributed by atoms with Crippen molar-refractivity contribution in [3.05, 3.63) is 74.6 Å². The summed E-state index contributed by atoms with van der Waals surface area (Å²) in [5.74, 6) is -0.605. The molecule has 1 saturated heterocycles. The van der Waals surface area contributed by atoms with E-state index in [1.54, 1.807) is 11.0 Å². The molecule has 2 heterocycles. The van der Waals surface area contributed by atoms with Gasteiger partial charge in [0.1, 0.15) is 12.2 Å². The third-order valence-electron chi connectivity index (χ3n) is 6.78. The van der Waals surface area contributed by atoms with Crippen LogP contribution < -0.4 is 10.4 Å². The van der Waals surface area contributed by atoms with Crippen LogP contribution in [-0.2, 0) is 29.0 Å². The normalized spacial score (nSPS) is 16.1. The number of esters is 1. The van der Waals surface area contributed by atoms with Gasteiger partial charge in [0.15, 0.2) is 5.75 Å². The standard InChI is InChI=1S/C27H26ClNO6/c28-22-14-21-19-8-4-5-9-20(19)26(31)34-23(21)15-24(22)35-25(30)18-10-12-29(13-11-18)27(32)33-16-17-6-2-1-3-7-17/h1-3,6-7,14-15,18H,4-5,8-13,16H2. The van der Waals surface area contributed by atoms with Gasteiger partial charge in [0, 0.05) is 30.1 Å². The maximum absolute atomic E-state index is 12.8. The summed E-state index contributed by atoms with van der Waals surface area (Å²) in [6, 6.07) is 12.7. The summed E-state index contributed by atoms with van der Waals surface area (Å²) in [6.45, 7) is 1.02. The first kappa shape index (κ1) is 23.4. The zero-order chi connectivity index (χ0) is 24.4. The number of nitrogens with zero attached hydrogens (tertiary/aromatic N) is 1. The molecule has 0 atom stereocenters. The molecule has 2 aliphatic rings. The van der Waals surface area contributed by atoms with Crippen LogP contribution in [0, 0.1) is 5.92 Å². The molecular formula is C27H26ClNO6. The summed E-state index contributed by atoms with van der Waals surface area (Å²) in [5.41, 5.74) is 2.66. The van der Waals surface area contributed by atoms with Crippen LogP contribution >= 0.6 is 11.6 Å². The molecule has 0 radical (unpaired) electrons. The number of rotatable bonds is 4. The third kappa shape index (κ3) is 5.05. The summed E-state index contributed by atoms with van der Waals surface area (Å²) >= 11 is 6.45. The molecule has 1 aliphatic heterocycles. The van der Waals surface area contributed by atoms with Gasteiger partial charge in [-0.25, -0.2) is 9.59 Å². The number of halogens is 1. The van der Waals surface area contributed by atoms with Crippen molar-refractivity contribution in [1.29, 1.82) is 0 Å². The van der Waals surface area contributed by atoms with Gasteiger partial charge in [0.25, 0.3) is 0 Å². The fourth-order valence-electron chi connectivity index (χ4n) is 4.82. The second-order valence-electron chi connectivity index (χ2n) is 9.06. The molecule has 0 bridgehead atoms. The zero-order valence-electron chi connectivity index (χ0n) is 19.3. The van der Waals surface area contributed by atoms with Crippen LogP contribution in [0.4, 0.5) is 4.79 Å². The molecule has 1 amide bonds. The number of carbonyl (C=O) groups excluding carboxylic acids is 2. The highest BCUT2D eigenvalue weighted by Gasteiger charge is 2.30. The van der Waals surface area contributed by atoms with Gasteiger partial charge in [-0.05, 0) is 55.7 Å². The van der Waals surface area contributed by atoms with Crippen molar-refractivity contribution in [3.63, 3.8) is 0 Å². The summed E-state index contributed by atoms with van der Waals surface area (Å²) in [6.07, 6.45) is 4.03. The minimum Gasteiger partial charge on any atom is -0.445 e. The lowest BCUT2D eigenvalue weighted by atomic mass is 9.90. The molecule has 35 heavy (non-hydrogen) atoms. The smallest absolute Gasteiger partial charge is 0.410 e. The Labute approximate surface area is 207 Å². The minimum atomic E-state index is -0.413. The highest BCUT2D eigenvalue weighted by molar-refractivity contribution is 6.33. The molecule has 0 spiro atoms. The van der Waals surface area contributed by atoms with Crippen molar-refractivity contribution in [2.24, 2.45) is 5.92 Å². The summed E-state index contributed by atoms with van der Waals surface area (Å²) in [5, 5.41) is 1.10. The van der Waals surface area contributed by atoms with E-state index in [1.165, 1.54) is 6.07 Å². The Kier molecular flexibility index (Phi) is 6.77. The van der Waals surface area contributed by atoms with Gasteiger partial charge in [-0.3, -0.25) is 4.79 Å². The maximum Gasteiger partial charge on any atom is 0.410 e. The lowest BCUT2D eigenvalue weighted by Gasteiger charge is -2.30. The molecule has 0 N–H and O–H groups in total. The predicted octanol–water partition coefficient (Wildman–Crippen LogP) is 5.28. The van der Waals surface area contributed by atoms with Gasteiger partial charge in [0.2, 0.25) is 0 Å². The molecule has 3 aromatic rings. The molecule has 7 nitrogen and oxygen atoms in total. The molecule has 0 unspecified atom stereocenters. The van der Waals surface area contributed by atoms with E-state index in [-0.39, 0.29) is 23.9 Å². The Hall–Kier alpha value is -3.32. The van der Waals surface area contributed by atoms with E-state index in [0.717, 1.165) is 41.3 Å². The Bertz CT molecular complexity index is 1310. The van der Waals surface area contributed by atoms with E-state index < -0.39 is 12.1 Å². The highest BCUT2D eigenvalue weighted by Crippen LogP contribution is 2.35. The number of hydrogen-bond donors (Lipinski definition) is 0. The molecule has 182 valence electrons. The molecule has 2 aromatic carbocycles. The second-order valence-corrected chi connectivity index (χ2v) is 9.46. The van der Waals surface area contributed by atoms with Crippen molar-refractivity contribution in [3.8, 4) is 5.75 Å². The summed E-state index contributed by atoms with van der Waals surface area (Å²) < 4.78 is 16.5. The maximum atomic E-state index is 12.8. The number of ether oxygens (including phenoxy) is 2. The number of likely N-dealkylation sites (tertiary alicyclic amines) is 1. The SMILES string of the molecule is O=C(Oc1cc2oc(=O)c3c(c2cc1Cl)CCCC3)C1CCN(C(=O)OCc2ccccc2)CC1. The fourth-order valence-corrected chi connectivity index (χ4v) is 5.02. The Morgan fingerprint density at radius 3 is 2.49 bits per heavy atom. The van der Waals surface area contributed by atoms with E-state index in [2.05, 4.69) is 0 Å². The topological polar surface area (TPSA) is 86.0 Å². The van der Waals surface area contributed by atoms with E-state index in [4.69, 9.17) is 25.5 Å². The lowest BCUT2D eigenvalue weighted by molar-refractivity contribution is -0.140. The number of amides is 1. The zero-order valence-corrected chi connectivity index (χ0v) is 20.0. The van der Waals surface area contributed by atoms with Gasteiger partial charge in [-0.15, -0.1) is 0 Å². The van der Waals surface area contributed by atoms with Gasteiger partial charge < -0.3 is 18.8 Å². The quantitative estimate of drug-likeness (QED) is 0.278. The van der Waals surface area contributed by atoms with E-state index in [9.17, 15) is 14.4 Å². The lowest BCUT2D eigenvalue weighted by Crippen LogP contribution is -2.41. The van der Waals surface area contributed by atoms with Crippen molar-refractivity contribution >= 4 is 34.6 Å². The van der Waals surface area contributed by atoms with Crippen LogP contribution in [-0.4, -0.2) is 30.1 Å². The average Bonchev–Trinajstić information content (AvgIpc) is 2.89. The van der Waals surface area contributed by atoms with Crippen molar-refractivity contribution in [1.82, 2.24) is 4.90 Å². The summed E-state index contributed by atoms with van der Waals surface area (Å²) in [4.78, 5) is 39.2. The van der Waals surface area contributed by atoms with Gasteiger partial charge in [0.05, 0.1) is 10.9 Å². The number of fused-ring (bicyclic) bond motifs is 3. The Morgan fingerprint density at radius 1 is 1.03 bits per heavy atom. The second kappa shape index (κ2) is 10.1. The molecule has 1 aliphatic carbocycles. The number of aryl methyl sites for hydroxylation is 1. The van der Waals surface area contributed by atoms with Crippen LogP contribution in [0.15, 0.2) is 51.7 Å². The van der Waals surface area contributed by atoms with Gasteiger partial charge >= 0.3 is 17.7 Å². The Balaban J connectivity index is 1.21. The van der Waals surface area contributed by atoms with Crippen LogP contribution in [0.3, 0.4) is 0 Å². The van der Waals surface area contributed by atoms with Crippen molar-refractivity contribution < 1.29 is 23.5 Å². The van der Waals surface area contributed by atoms with E-state index >= 15 is 0 Å². The highest BCUT2D eigenvalue weighted by atomic mass is 35.5. The first-order valence-corrected chi connectivity index (χ1v) is 12.3. The average molecular weight is 496 g/mol. The van der Waals surface area contributed by atoms with Gasteiger partial charge in [-0.1, -0.05) is 41.9 Å². The fraction of sp³-hybridized carbons (Fsp3) is 0.370. The predicted molar refractivity (Wildman–Crippen MR) is 131 cm³/mol. The largest absolute Gasteiger partial charge is 0.445 e. The molecule has 5 rings (SSSR count).